The average Bonchev–Trinajstić information content (AvgIpc) is 3.19. The Bertz CT molecular complexity index is 700. The zero-order chi connectivity index (χ0) is 18.6. The largest absolute Gasteiger partial charge is 0.444 e. The summed E-state index contributed by atoms with van der Waals surface area (Å²) in [6, 6.07) is 5.69. The van der Waals surface area contributed by atoms with Crippen LogP contribution in [0, 0.1) is 5.41 Å². The van der Waals surface area contributed by atoms with E-state index in [9.17, 15) is 9.90 Å². The SMILES string of the molecule is CC(O)C12CN(C(=O)OC(C)(C)C)CCC1(c1ccc(Cl)c(Cl)c1)C2. The fraction of sp³-hybridized carbons (Fsp3) is 0.632. The number of carbonyl (C=O) groups excluding carboxylic acids is 1. The van der Waals surface area contributed by atoms with E-state index in [-0.39, 0.29) is 16.9 Å². The van der Waals surface area contributed by atoms with Gasteiger partial charge in [0.2, 0.25) is 0 Å². The Morgan fingerprint density at radius 1 is 1.32 bits per heavy atom. The van der Waals surface area contributed by atoms with Crippen LogP contribution in [0.5, 0.6) is 0 Å². The maximum atomic E-state index is 12.5. The second kappa shape index (κ2) is 6.04. The van der Waals surface area contributed by atoms with Crippen LogP contribution in [0.1, 0.15) is 46.1 Å². The van der Waals surface area contributed by atoms with Crippen molar-refractivity contribution in [2.75, 3.05) is 13.1 Å². The topological polar surface area (TPSA) is 49.8 Å². The highest BCUT2D eigenvalue weighted by Crippen LogP contribution is 2.70. The van der Waals surface area contributed by atoms with E-state index < -0.39 is 11.7 Å². The van der Waals surface area contributed by atoms with Crippen LogP contribution in [0.15, 0.2) is 18.2 Å². The summed E-state index contributed by atoms with van der Waals surface area (Å²) >= 11 is 12.3. The minimum Gasteiger partial charge on any atom is -0.444 e. The lowest BCUT2D eigenvalue weighted by molar-refractivity contribution is -0.00287. The second-order valence-corrected chi connectivity index (χ2v) is 9.19. The number of amides is 1. The van der Waals surface area contributed by atoms with Crippen LogP contribution in [-0.4, -0.2) is 40.9 Å². The maximum Gasteiger partial charge on any atom is 0.410 e. The maximum absolute atomic E-state index is 12.5. The van der Waals surface area contributed by atoms with Crippen molar-refractivity contribution in [1.29, 1.82) is 0 Å². The molecule has 1 saturated carbocycles. The Hall–Kier alpha value is -0.970. The van der Waals surface area contributed by atoms with Gasteiger partial charge in [0.05, 0.1) is 16.1 Å². The van der Waals surface area contributed by atoms with E-state index in [2.05, 4.69) is 0 Å². The number of carbonyl (C=O) groups is 1. The van der Waals surface area contributed by atoms with Crippen LogP contribution >= 0.6 is 23.2 Å². The quantitative estimate of drug-likeness (QED) is 0.806. The van der Waals surface area contributed by atoms with Crippen LogP contribution < -0.4 is 0 Å². The molecule has 1 N–H and O–H groups in total. The number of aliphatic hydroxyl groups is 1. The molecular formula is C19H25Cl2NO3. The van der Waals surface area contributed by atoms with Crippen LogP contribution in [0.3, 0.4) is 0 Å². The molecule has 0 spiro atoms. The molecule has 4 nitrogen and oxygen atoms in total. The first-order chi connectivity index (χ1) is 11.5. The molecule has 1 heterocycles. The highest BCUT2D eigenvalue weighted by atomic mass is 35.5. The van der Waals surface area contributed by atoms with Crippen molar-refractivity contribution in [3.63, 3.8) is 0 Å². The fourth-order valence-corrected chi connectivity index (χ4v) is 4.57. The molecule has 3 rings (SSSR count). The third kappa shape index (κ3) is 3.13. The lowest BCUT2D eigenvalue weighted by Gasteiger charge is -2.40. The van der Waals surface area contributed by atoms with E-state index in [4.69, 9.17) is 27.9 Å². The number of hydrogen-bond donors (Lipinski definition) is 1. The summed E-state index contributed by atoms with van der Waals surface area (Å²) in [7, 11) is 0. The fourth-order valence-electron chi connectivity index (χ4n) is 4.27. The van der Waals surface area contributed by atoms with Gasteiger partial charge in [0.25, 0.3) is 0 Å². The molecule has 2 fully saturated rings. The van der Waals surface area contributed by atoms with Gasteiger partial charge in [-0.3, -0.25) is 0 Å². The summed E-state index contributed by atoms with van der Waals surface area (Å²) in [5.41, 5.74) is 0.0380. The van der Waals surface area contributed by atoms with E-state index in [1.54, 1.807) is 17.9 Å². The summed E-state index contributed by atoms with van der Waals surface area (Å²) in [6.07, 6.45) is 0.749. The molecule has 6 heteroatoms. The summed E-state index contributed by atoms with van der Waals surface area (Å²) in [5, 5.41) is 11.6. The highest BCUT2D eigenvalue weighted by Gasteiger charge is 2.72. The molecule has 1 saturated heterocycles. The lowest BCUT2D eigenvalue weighted by atomic mass is 9.78. The number of likely N-dealkylation sites (tertiary alicyclic amines) is 1. The molecule has 0 radical (unpaired) electrons. The summed E-state index contributed by atoms with van der Waals surface area (Å²) in [4.78, 5) is 14.2. The van der Waals surface area contributed by atoms with Gasteiger partial charge >= 0.3 is 6.09 Å². The zero-order valence-electron chi connectivity index (χ0n) is 15.1. The lowest BCUT2D eigenvalue weighted by Crippen LogP contribution is -2.49. The molecule has 2 aliphatic rings. The van der Waals surface area contributed by atoms with Crippen molar-refractivity contribution in [1.82, 2.24) is 4.90 Å². The number of aliphatic hydroxyl groups excluding tert-OH is 1. The van der Waals surface area contributed by atoms with E-state index >= 15 is 0 Å². The van der Waals surface area contributed by atoms with Gasteiger partial charge in [-0.2, -0.15) is 0 Å². The smallest absolute Gasteiger partial charge is 0.410 e. The van der Waals surface area contributed by atoms with E-state index in [0.717, 1.165) is 18.4 Å². The monoisotopic (exact) mass is 385 g/mol. The van der Waals surface area contributed by atoms with Gasteiger partial charge in [0.15, 0.2) is 0 Å². The Balaban J connectivity index is 1.86. The molecule has 25 heavy (non-hydrogen) atoms. The van der Waals surface area contributed by atoms with Crippen molar-refractivity contribution >= 4 is 29.3 Å². The predicted molar refractivity (Wildman–Crippen MR) is 99.3 cm³/mol. The van der Waals surface area contributed by atoms with E-state index in [1.807, 2.05) is 32.9 Å². The molecule has 1 aromatic carbocycles. The van der Waals surface area contributed by atoms with Gasteiger partial charge in [-0.25, -0.2) is 4.79 Å². The molecule has 1 amide bonds. The number of hydrogen-bond acceptors (Lipinski definition) is 3. The van der Waals surface area contributed by atoms with Gasteiger partial charge < -0.3 is 14.7 Å². The highest BCUT2D eigenvalue weighted by molar-refractivity contribution is 6.42. The van der Waals surface area contributed by atoms with Gasteiger partial charge in [-0.15, -0.1) is 0 Å². The molecular weight excluding hydrogens is 361 g/mol. The van der Waals surface area contributed by atoms with Crippen LogP contribution in [0.2, 0.25) is 10.0 Å². The van der Waals surface area contributed by atoms with Gasteiger partial charge in [0.1, 0.15) is 5.60 Å². The number of fused-ring (bicyclic) bond motifs is 1. The van der Waals surface area contributed by atoms with Crippen LogP contribution in [0.4, 0.5) is 4.79 Å². The number of ether oxygens (including phenoxy) is 1. The van der Waals surface area contributed by atoms with Crippen LogP contribution in [0.25, 0.3) is 0 Å². The first kappa shape index (κ1) is 18.8. The molecule has 0 aromatic heterocycles. The normalized spacial score (nSPS) is 29.8. The summed E-state index contributed by atoms with van der Waals surface area (Å²) in [5.74, 6) is 0. The van der Waals surface area contributed by atoms with Crippen LogP contribution in [-0.2, 0) is 10.2 Å². The molecule has 0 bridgehead atoms. The number of nitrogens with zero attached hydrogens (tertiary/aromatic N) is 1. The molecule has 1 aromatic rings. The third-order valence-corrected chi connectivity index (χ3v) is 6.39. The van der Waals surface area contributed by atoms with Crippen molar-refractivity contribution in [3.8, 4) is 0 Å². The second-order valence-electron chi connectivity index (χ2n) is 8.37. The standard InChI is InChI=1S/C19H25Cl2NO3/c1-12(23)19-10-18(19,13-5-6-14(20)15(21)9-13)7-8-22(11-19)16(24)25-17(2,3)4/h5-6,9,12,23H,7-8,10-11H2,1-4H3. The first-order valence-electron chi connectivity index (χ1n) is 8.62. The molecule has 1 aliphatic carbocycles. The predicted octanol–water partition coefficient (Wildman–Crippen LogP) is 4.64. The molecule has 1 aliphatic heterocycles. The minimum atomic E-state index is -0.535. The van der Waals surface area contributed by atoms with Gasteiger partial charge in [-0.05, 0) is 58.2 Å². The molecule has 3 unspecified atom stereocenters. The number of piperidine rings is 1. The Kier molecular flexibility index (Phi) is 4.54. The summed E-state index contributed by atoms with van der Waals surface area (Å²) < 4.78 is 5.51. The van der Waals surface area contributed by atoms with Gasteiger partial charge in [-0.1, -0.05) is 29.3 Å². The summed E-state index contributed by atoms with van der Waals surface area (Å²) in [6.45, 7) is 8.46. The van der Waals surface area contributed by atoms with Gasteiger partial charge in [0, 0.05) is 23.9 Å². The Morgan fingerprint density at radius 3 is 2.56 bits per heavy atom. The Morgan fingerprint density at radius 2 is 2.00 bits per heavy atom. The first-order valence-corrected chi connectivity index (χ1v) is 9.38. The zero-order valence-corrected chi connectivity index (χ0v) is 16.6. The molecule has 138 valence electrons. The van der Waals surface area contributed by atoms with Crippen molar-refractivity contribution in [2.45, 2.75) is 57.7 Å². The third-order valence-electron chi connectivity index (χ3n) is 5.65. The number of rotatable bonds is 2. The van der Waals surface area contributed by atoms with Crippen molar-refractivity contribution < 1.29 is 14.6 Å². The van der Waals surface area contributed by atoms with E-state index in [1.165, 1.54) is 0 Å². The Labute approximate surface area is 159 Å². The average molecular weight is 386 g/mol. The van der Waals surface area contributed by atoms with Crippen molar-refractivity contribution in [3.05, 3.63) is 33.8 Å². The number of halogens is 2. The molecule has 3 atom stereocenters. The minimum absolute atomic E-state index is 0.159. The van der Waals surface area contributed by atoms with E-state index in [0.29, 0.717) is 23.1 Å². The van der Waals surface area contributed by atoms with Crippen molar-refractivity contribution in [2.24, 2.45) is 5.41 Å². The number of benzene rings is 1.